The Morgan fingerprint density at radius 1 is 1.20 bits per heavy atom. The highest BCUT2D eigenvalue weighted by atomic mass is 35.5. The Morgan fingerprint density at radius 3 is 2.70 bits per heavy atom. The van der Waals surface area contributed by atoms with E-state index >= 15 is 0 Å². The fraction of sp³-hybridized carbons (Fsp3) is 0.300. The SMILES string of the molecule is N[C@@H](c1ccc(S(=O)(=O)Nc2ncns2)cc1Cl)N1CCCC[C@@H]1c1ccccc1. The van der Waals surface area contributed by atoms with Crippen molar-refractivity contribution in [2.45, 2.75) is 36.4 Å². The van der Waals surface area contributed by atoms with Crippen LogP contribution in [-0.4, -0.2) is 29.2 Å². The lowest BCUT2D eigenvalue weighted by molar-refractivity contribution is 0.0967. The van der Waals surface area contributed by atoms with Gasteiger partial charge in [0.15, 0.2) is 0 Å². The Labute approximate surface area is 185 Å². The van der Waals surface area contributed by atoms with Crippen LogP contribution in [0.1, 0.15) is 42.6 Å². The van der Waals surface area contributed by atoms with Crippen molar-refractivity contribution in [1.29, 1.82) is 0 Å². The number of aromatic nitrogens is 2. The van der Waals surface area contributed by atoms with Crippen molar-refractivity contribution in [3.63, 3.8) is 0 Å². The van der Waals surface area contributed by atoms with Gasteiger partial charge in [0, 0.05) is 34.7 Å². The fourth-order valence-corrected chi connectivity index (χ4v) is 5.85. The van der Waals surface area contributed by atoms with Crippen molar-refractivity contribution >= 4 is 38.3 Å². The van der Waals surface area contributed by atoms with Crippen LogP contribution in [0.15, 0.2) is 59.8 Å². The van der Waals surface area contributed by atoms with E-state index in [2.05, 4.69) is 31.1 Å². The number of nitrogens with zero attached hydrogens (tertiary/aromatic N) is 3. The molecule has 1 aliphatic rings. The van der Waals surface area contributed by atoms with E-state index in [1.54, 1.807) is 6.07 Å². The monoisotopic (exact) mass is 463 g/mol. The van der Waals surface area contributed by atoms with E-state index in [1.165, 1.54) is 24.0 Å². The van der Waals surface area contributed by atoms with Crippen LogP contribution in [0.5, 0.6) is 0 Å². The molecule has 3 N–H and O–H groups in total. The van der Waals surface area contributed by atoms with Crippen LogP contribution < -0.4 is 10.5 Å². The van der Waals surface area contributed by atoms with Crippen molar-refractivity contribution in [3.8, 4) is 0 Å². The molecule has 0 bridgehead atoms. The van der Waals surface area contributed by atoms with E-state index in [0.29, 0.717) is 10.6 Å². The summed E-state index contributed by atoms with van der Waals surface area (Å²) in [6.45, 7) is 0.857. The van der Waals surface area contributed by atoms with Gasteiger partial charge < -0.3 is 5.73 Å². The fourth-order valence-electron chi connectivity index (χ4n) is 3.81. The second kappa shape index (κ2) is 8.99. The molecule has 1 aromatic heterocycles. The molecular formula is C20H22ClN5O2S2. The summed E-state index contributed by atoms with van der Waals surface area (Å²) in [5, 5.41) is 0.519. The number of nitrogens with two attached hydrogens (primary N) is 1. The molecule has 1 aliphatic heterocycles. The summed E-state index contributed by atoms with van der Waals surface area (Å²) in [5.41, 5.74) is 8.56. The largest absolute Gasteiger partial charge is 0.312 e. The molecule has 7 nitrogen and oxygen atoms in total. The zero-order valence-electron chi connectivity index (χ0n) is 16.1. The maximum absolute atomic E-state index is 12.6. The van der Waals surface area contributed by atoms with E-state index in [-0.39, 0.29) is 16.1 Å². The molecular weight excluding hydrogens is 442 g/mol. The summed E-state index contributed by atoms with van der Waals surface area (Å²) in [6, 6.07) is 15.1. The van der Waals surface area contributed by atoms with Gasteiger partial charge in [-0.15, -0.1) is 0 Å². The maximum atomic E-state index is 12.6. The Hall–Kier alpha value is -2.04. The quantitative estimate of drug-likeness (QED) is 0.568. The first-order valence-corrected chi connectivity index (χ1v) is 12.2. The van der Waals surface area contributed by atoms with Gasteiger partial charge in [0.2, 0.25) is 5.13 Å². The third-order valence-electron chi connectivity index (χ3n) is 5.27. The van der Waals surface area contributed by atoms with Crippen LogP contribution in [-0.2, 0) is 10.0 Å². The standard InChI is InChI=1S/C20H22ClN5O2S2/c21-17-12-15(30(27,28)25-20-23-13-24-29-20)9-10-16(17)19(22)26-11-5-4-8-18(26)14-6-2-1-3-7-14/h1-3,6-7,9-10,12-13,18-19H,4-5,8,11,22H2,(H,23,24,25)/t18-,19-/m1/s1. The molecule has 2 atom stereocenters. The molecule has 0 aliphatic carbocycles. The lowest BCUT2D eigenvalue weighted by Crippen LogP contribution is -2.40. The van der Waals surface area contributed by atoms with E-state index < -0.39 is 16.2 Å². The smallest absolute Gasteiger partial charge is 0.263 e. The van der Waals surface area contributed by atoms with Crippen molar-refractivity contribution < 1.29 is 8.42 Å². The number of anilines is 1. The highest BCUT2D eigenvalue weighted by molar-refractivity contribution is 7.93. The molecule has 10 heteroatoms. The number of likely N-dealkylation sites (tertiary alicyclic amines) is 1. The third-order valence-corrected chi connectivity index (χ3v) is 7.64. The molecule has 0 spiro atoms. The second-order valence-corrected chi connectivity index (χ2v) is 10.0. The molecule has 3 aromatic rings. The summed E-state index contributed by atoms with van der Waals surface area (Å²) in [7, 11) is -3.81. The van der Waals surface area contributed by atoms with Crippen LogP contribution in [0.4, 0.5) is 5.13 Å². The van der Waals surface area contributed by atoms with Crippen LogP contribution in [0.25, 0.3) is 0 Å². The summed E-state index contributed by atoms with van der Waals surface area (Å²) in [5.74, 6) is 0. The number of benzene rings is 2. The zero-order valence-corrected chi connectivity index (χ0v) is 18.5. The minimum absolute atomic E-state index is 0.0527. The van der Waals surface area contributed by atoms with Gasteiger partial charge in [-0.25, -0.2) is 13.4 Å². The number of rotatable bonds is 6. The molecule has 0 amide bonds. The van der Waals surface area contributed by atoms with Crippen LogP contribution >= 0.6 is 23.1 Å². The Bertz CT molecular complexity index is 1090. The first-order valence-electron chi connectivity index (χ1n) is 9.61. The zero-order chi connectivity index (χ0) is 21.1. The van der Waals surface area contributed by atoms with Gasteiger partial charge in [0.1, 0.15) is 6.33 Å². The number of halogens is 1. The van der Waals surface area contributed by atoms with Crippen LogP contribution in [0.2, 0.25) is 5.02 Å². The minimum Gasteiger partial charge on any atom is -0.312 e. The molecule has 1 saturated heterocycles. The van der Waals surface area contributed by atoms with Gasteiger partial charge in [-0.05, 0) is 30.5 Å². The summed E-state index contributed by atoms with van der Waals surface area (Å²) >= 11 is 7.46. The van der Waals surface area contributed by atoms with Crippen molar-refractivity contribution in [2.24, 2.45) is 5.73 Å². The van der Waals surface area contributed by atoms with Gasteiger partial charge in [0.25, 0.3) is 10.0 Å². The number of sulfonamides is 1. The van der Waals surface area contributed by atoms with Gasteiger partial charge in [-0.1, -0.05) is 54.4 Å². The molecule has 30 heavy (non-hydrogen) atoms. The number of hydrogen-bond acceptors (Lipinski definition) is 7. The molecule has 158 valence electrons. The summed E-state index contributed by atoms with van der Waals surface area (Å²) in [4.78, 5) is 6.15. The lowest BCUT2D eigenvalue weighted by atomic mass is 9.94. The topological polar surface area (TPSA) is 101 Å². The average Bonchev–Trinajstić information content (AvgIpc) is 3.26. The Balaban J connectivity index is 1.59. The Kier molecular flexibility index (Phi) is 6.35. The van der Waals surface area contributed by atoms with Gasteiger partial charge in [-0.2, -0.15) is 4.37 Å². The first-order chi connectivity index (χ1) is 14.5. The minimum atomic E-state index is -3.81. The average molecular weight is 464 g/mol. The van der Waals surface area contributed by atoms with Gasteiger partial charge in [0.05, 0.1) is 11.1 Å². The highest BCUT2D eigenvalue weighted by Gasteiger charge is 2.30. The number of piperidine rings is 1. The number of hydrogen-bond donors (Lipinski definition) is 2. The van der Waals surface area contributed by atoms with Crippen molar-refractivity contribution in [2.75, 3.05) is 11.3 Å². The predicted octanol–water partition coefficient (Wildman–Crippen LogP) is 4.18. The normalized spacial score (nSPS) is 18.8. The third kappa shape index (κ3) is 4.50. The highest BCUT2D eigenvalue weighted by Crippen LogP contribution is 2.37. The molecule has 1 fully saturated rings. The molecule has 0 saturated carbocycles. The van der Waals surface area contributed by atoms with Crippen molar-refractivity contribution in [1.82, 2.24) is 14.3 Å². The Morgan fingerprint density at radius 2 is 2.00 bits per heavy atom. The van der Waals surface area contributed by atoms with E-state index in [1.807, 2.05) is 18.2 Å². The maximum Gasteiger partial charge on any atom is 0.263 e. The number of nitrogens with one attached hydrogen (secondary N) is 1. The first kappa shape index (κ1) is 21.2. The molecule has 0 radical (unpaired) electrons. The molecule has 0 unspecified atom stereocenters. The predicted molar refractivity (Wildman–Crippen MR) is 119 cm³/mol. The van der Waals surface area contributed by atoms with Gasteiger partial charge in [-0.3, -0.25) is 9.62 Å². The van der Waals surface area contributed by atoms with Crippen molar-refractivity contribution in [3.05, 3.63) is 71.0 Å². The van der Waals surface area contributed by atoms with Gasteiger partial charge >= 0.3 is 0 Å². The summed E-state index contributed by atoms with van der Waals surface area (Å²) < 4.78 is 31.4. The lowest BCUT2D eigenvalue weighted by Gasteiger charge is -2.40. The van der Waals surface area contributed by atoms with Crippen LogP contribution in [0, 0.1) is 0 Å². The van der Waals surface area contributed by atoms with Crippen LogP contribution in [0.3, 0.4) is 0 Å². The molecule has 2 aromatic carbocycles. The van der Waals surface area contributed by atoms with E-state index in [4.69, 9.17) is 17.3 Å². The van der Waals surface area contributed by atoms with E-state index in [0.717, 1.165) is 37.3 Å². The molecule has 4 rings (SSSR count). The summed E-state index contributed by atoms with van der Waals surface area (Å²) in [6.07, 6.45) is 4.08. The van der Waals surface area contributed by atoms with E-state index in [9.17, 15) is 8.42 Å². The second-order valence-electron chi connectivity index (χ2n) is 7.14. The molecule has 2 heterocycles.